The average molecular weight is 312 g/mol. The molecule has 1 saturated carbocycles. The molecule has 1 aromatic carbocycles. The highest BCUT2D eigenvalue weighted by molar-refractivity contribution is 5.94. The van der Waals surface area contributed by atoms with E-state index in [0.717, 1.165) is 43.9 Å². The fourth-order valence-corrected chi connectivity index (χ4v) is 2.91. The van der Waals surface area contributed by atoms with Crippen molar-refractivity contribution in [2.45, 2.75) is 31.7 Å². The van der Waals surface area contributed by atoms with Gasteiger partial charge in [-0.25, -0.2) is 0 Å². The van der Waals surface area contributed by atoms with Crippen LogP contribution in [0.5, 0.6) is 0 Å². The van der Waals surface area contributed by atoms with Gasteiger partial charge in [-0.15, -0.1) is 0 Å². The molecule has 4 rings (SSSR count). The number of aromatic nitrogens is 2. The van der Waals surface area contributed by atoms with E-state index in [1.54, 1.807) is 0 Å². The van der Waals surface area contributed by atoms with E-state index in [1.807, 2.05) is 29.2 Å². The van der Waals surface area contributed by atoms with Crippen molar-refractivity contribution < 1.29 is 9.32 Å². The predicted octanol–water partition coefficient (Wildman–Crippen LogP) is 2.05. The number of carbonyl (C=O) groups excluding carboxylic acids is 1. The molecule has 0 bridgehead atoms. The molecule has 23 heavy (non-hydrogen) atoms. The fraction of sp³-hybridized carbons (Fsp3) is 0.471. The van der Waals surface area contributed by atoms with Crippen molar-refractivity contribution in [2.24, 2.45) is 0 Å². The number of rotatable bonds is 3. The normalized spacial score (nSPS) is 21.4. The molecule has 2 aromatic rings. The summed E-state index contributed by atoms with van der Waals surface area (Å²) in [6, 6.07) is 7.77. The van der Waals surface area contributed by atoms with Crippen LogP contribution >= 0.6 is 0 Å². The fourth-order valence-electron chi connectivity index (χ4n) is 2.91. The maximum atomic E-state index is 12.5. The van der Waals surface area contributed by atoms with Gasteiger partial charge in [-0.1, -0.05) is 5.16 Å². The Bertz CT molecular complexity index is 706. The van der Waals surface area contributed by atoms with E-state index in [9.17, 15) is 4.79 Å². The first-order valence-corrected chi connectivity index (χ1v) is 8.17. The number of piperazine rings is 1. The summed E-state index contributed by atoms with van der Waals surface area (Å²) in [5, 5.41) is 7.37. The molecule has 2 aliphatic rings. The third kappa shape index (κ3) is 2.99. The van der Waals surface area contributed by atoms with Gasteiger partial charge in [0.05, 0.1) is 0 Å². The Balaban J connectivity index is 1.49. The lowest BCUT2D eigenvalue weighted by molar-refractivity contribution is 0.0709. The zero-order valence-electron chi connectivity index (χ0n) is 13.2. The Labute approximate surface area is 134 Å². The van der Waals surface area contributed by atoms with Crippen molar-refractivity contribution in [1.82, 2.24) is 20.4 Å². The SMILES string of the molecule is C[C@H]1CN(C(=O)c2ccc(-c3nc(C4CC4)no3)cc2)CCN1. The van der Waals surface area contributed by atoms with Crippen LogP contribution in [0.2, 0.25) is 0 Å². The highest BCUT2D eigenvalue weighted by Crippen LogP contribution is 2.38. The lowest BCUT2D eigenvalue weighted by Crippen LogP contribution is -2.51. The first-order chi connectivity index (χ1) is 11.2. The summed E-state index contributed by atoms with van der Waals surface area (Å²) in [6.45, 7) is 4.43. The van der Waals surface area contributed by atoms with Crippen LogP contribution in [0.4, 0.5) is 0 Å². The van der Waals surface area contributed by atoms with Crippen LogP contribution < -0.4 is 5.32 Å². The van der Waals surface area contributed by atoms with E-state index < -0.39 is 0 Å². The Morgan fingerprint density at radius 3 is 2.78 bits per heavy atom. The smallest absolute Gasteiger partial charge is 0.257 e. The standard InChI is InChI=1S/C17H20N4O2/c1-11-10-21(9-8-18-11)17(22)14-6-4-13(5-7-14)16-19-15(20-23-16)12-2-3-12/h4-7,11-12,18H,2-3,8-10H2,1H3/t11-/m0/s1. The molecule has 1 atom stereocenters. The van der Waals surface area contributed by atoms with Gasteiger partial charge in [0, 0.05) is 42.7 Å². The molecule has 2 heterocycles. The van der Waals surface area contributed by atoms with Crippen LogP contribution in [-0.2, 0) is 0 Å². The number of nitrogens with one attached hydrogen (secondary N) is 1. The second-order valence-electron chi connectivity index (χ2n) is 6.42. The molecule has 6 nitrogen and oxygen atoms in total. The van der Waals surface area contributed by atoms with Gasteiger partial charge in [0.2, 0.25) is 0 Å². The topological polar surface area (TPSA) is 71.3 Å². The van der Waals surface area contributed by atoms with E-state index >= 15 is 0 Å². The number of nitrogens with zero attached hydrogens (tertiary/aromatic N) is 3. The lowest BCUT2D eigenvalue weighted by atomic mass is 10.1. The number of hydrogen-bond donors (Lipinski definition) is 1. The van der Waals surface area contributed by atoms with E-state index in [-0.39, 0.29) is 5.91 Å². The molecule has 1 aliphatic carbocycles. The molecule has 1 aromatic heterocycles. The Morgan fingerprint density at radius 2 is 2.09 bits per heavy atom. The first kappa shape index (κ1) is 14.4. The monoisotopic (exact) mass is 312 g/mol. The molecule has 120 valence electrons. The summed E-state index contributed by atoms with van der Waals surface area (Å²) in [5.74, 6) is 1.88. The summed E-state index contributed by atoms with van der Waals surface area (Å²) in [5.41, 5.74) is 1.56. The molecule has 1 saturated heterocycles. The Morgan fingerprint density at radius 1 is 1.30 bits per heavy atom. The minimum atomic E-state index is 0.0779. The summed E-state index contributed by atoms with van der Waals surface area (Å²) in [4.78, 5) is 18.9. The van der Waals surface area contributed by atoms with Gasteiger partial charge in [0.25, 0.3) is 11.8 Å². The van der Waals surface area contributed by atoms with Crippen LogP contribution in [0.1, 0.15) is 41.9 Å². The molecule has 1 N–H and O–H groups in total. The maximum Gasteiger partial charge on any atom is 0.257 e. The number of hydrogen-bond acceptors (Lipinski definition) is 5. The third-order valence-electron chi connectivity index (χ3n) is 4.42. The first-order valence-electron chi connectivity index (χ1n) is 8.17. The second-order valence-corrected chi connectivity index (χ2v) is 6.42. The summed E-state index contributed by atoms with van der Waals surface area (Å²) < 4.78 is 5.32. The minimum absolute atomic E-state index is 0.0779. The van der Waals surface area contributed by atoms with Crippen molar-refractivity contribution in [3.8, 4) is 11.5 Å². The molecular formula is C17H20N4O2. The highest BCUT2D eigenvalue weighted by atomic mass is 16.5. The number of carbonyl (C=O) groups is 1. The van der Waals surface area contributed by atoms with Crippen molar-refractivity contribution in [3.05, 3.63) is 35.7 Å². The molecule has 0 radical (unpaired) electrons. The summed E-state index contributed by atoms with van der Waals surface area (Å²) in [7, 11) is 0. The molecular weight excluding hydrogens is 292 g/mol. The van der Waals surface area contributed by atoms with Gasteiger partial charge >= 0.3 is 0 Å². The molecule has 2 fully saturated rings. The van der Waals surface area contributed by atoms with Crippen LogP contribution in [0.25, 0.3) is 11.5 Å². The van der Waals surface area contributed by atoms with Crippen LogP contribution in [0, 0.1) is 0 Å². The van der Waals surface area contributed by atoms with Crippen LogP contribution in [0.3, 0.4) is 0 Å². The van der Waals surface area contributed by atoms with Gasteiger partial charge in [-0.2, -0.15) is 4.98 Å². The predicted molar refractivity (Wildman–Crippen MR) is 85.1 cm³/mol. The van der Waals surface area contributed by atoms with Gasteiger partial charge in [0.15, 0.2) is 5.82 Å². The molecule has 1 aliphatic heterocycles. The number of benzene rings is 1. The van der Waals surface area contributed by atoms with Crippen molar-refractivity contribution in [1.29, 1.82) is 0 Å². The molecule has 1 amide bonds. The van der Waals surface area contributed by atoms with E-state index in [2.05, 4.69) is 22.4 Å². The lowest BCUT2D eigenvalue weighted by Gasteiger charge is -2.32. The second kappa shape index (κ2) is 5.77. The average Bonchev–Trinajstić information content (AvgIpc) is 3.32. The zero-order valence-corrected chi connectivity index (χ0v) is 13.2. The van der Waals surface area contributed by atoms with Crippen LogP contribution in [-0.4, -0.2) is 46.6 Å². The molecule has 6 heteroatoms. The van der Waals surface area contributed by atoms with E-state index in [0.29, 0.717) is 23.4 Å². The maximum absolute atomic E-state index is 12.5. The highest BCUT2D eigenvalue weighted by Gasteiger charge is 2.29. The molecule has 0 unspecified atom stereocenters. The van der Waals surface area contributed by atoms with E-state index in [1.165, 1.54) is 0 Å². The van der Waals surface area contributed by atoms with Crippen molar-refractivity contribution in [3.63, 3.8) is 0 Å². The van der Waals surface area contributed by atoms with Gasteiger partial charge < -0.3 is 14.7 Å². The van der Waals surface area contributed by atoms with Gasteiger partial charge in [-0.3, -0.25) is 4.79 Å². The Hall–Kier alpha value is -2.21. The summed E-state index contributed by atoms with van der Waals surface area (Å²) >= 11 is 0. The zero-order chi connectivity index (χ0) is 15.8. The van der Waals surface area contributed by atoms with Gasteiger partial charge in [0.1, 0.15) is 0 Å². The molecule has 0 spiro atoms. The minimum Gasteiger partial charge on any atom is -0.336 e. The van der Waals surface area contributed by atoms with Gasteiger partial charge in [-0.05, 0) is 44.0 Å². The van der Waals surface area contributed by atoms with Crippen molar-refractivity contribution >= 4 is 5.91 Å². The number of amides is 1. The third-order valence-corrected chi connectivity index (χ3v) is 4.42. The Kier molecular flexibility index (Phi) is 3.61. The summed E-state index contributed by atoms with van der Waals surface area (Å²) in [6.07, 6.45) is 2.30. The van der Waals surface area contributed by atoms with Crippen LogP contribution in [0.15, 0.2) is 28.8 Å². The van der Waals surface area contributed by atoms with E-state index in [4.69, 9.17) is 4.52 Å². The van der Waals surface area contributed by atoms with Crippen molar-refractivity contribution in [2.75, 3.05) is 19.6 Å². The quantitative estimate of drug-likeness (QED) is 0.939. The largest absolute Gasteiger partial charge is 0.336 e.